The summed E-state index contributed by atoms with van der Waals surface area (Å²) in [6.45, 7) is 8.34. The van der Waals surface area contributed by atoms with E-state index in [9.17, 15) is 4.79 Å². The van der Waals surface area contributed by atoms with Gasteiger partial charge in [-0.3, -0.25) is 9.36 Å². The van der Waals surface area contributed by atoms with Crippen LogP contribution in [-0.4, -0.2) is 27.0 Å². The molecule has 0 bridgehead atoms. The first-order valence-corrected chi connectivity index (χ1v) is 7.65. The van der Waals surface area contributed by atoms with Crippen LogP contribution in [0.25, 0.3) is 11.2 Å². The fourth-order valence-electron chi connectivity index (χ4n) is 2.28. The van der Waals surface area contributed by atoms with Crippen LogP contribution >= 0.6 is 11.6 Å². The molecule has 2 aromatic heterocycles. The van der Waals surface area contributed by atoms with Crippen LogP contribution in [0.5, 0.6) is 0 Å². The number of carbonyl (C=O) groups excluding carboxylic acids is 1. The highest BCUT2D eigenvalue weighted by atomic mass is 35.5. The molecule has 5 nitrogen and oxygen atoms in total. The number of fused-ring (bicyclic) bond motifs is 1. The van der Waals surface area contributed by atoms with Gasteiger partial charge in [-0.15, -0.1) is 11.6 Å². The summed E-state index contributed by atoms with van der Waals surface area (Å²) in [6.07, 6.45) is 2.68. The Labute approximate surface area is 129 Å². The molecule has 2 unspecified atom stereocenters. The number of halogens is 1. The molecule has 1 N–H and O–H groups in total. The summed E-state index contributed by atoms with van der Waals surface area (Å²) in [5.41, 5.74) is 2.50. The molecule has 2 rings (SSSR count). The van der Waals surface area contributed by atoms with Crippen LogP contribution < -0.4 is 5.32 Å². The Morgan fingerprint density at radius 3 is 2.81 bits per heavy atom. The summed E-state index contributed by atoms with van der Waals surface area (Å²) in [7, 11) is 0. The average Bonchev–Trinajstić information content (AvgIpc) is 2.82. The molecule has 1 amide bonds. The Morgan fingerprint density at radius 2 is 2.19 bits per heavy atom. The third-order valence-corrected chi connectivity index (χ3v) is 3.56. The molecular weight excluding hydrogens is 288 g/mol. The Balaban J connectivity index is 2.49. The van der Waals surface area contributed by atoms with E-state index in [0.717, 1.165) is 17.5 Å². The number of rotatable bonds is 5. The normalized spacial score (nSPS) is 14.1. The molecule has 6 heteroatoms. The number of carbonyl (C=O) groups is 1. The minimum Gasteiger partial charge on any atom is -0.354 e. The smallest absolute Gasteiger partial charge is 0.242 e. The van der Waals surface area contributed by atoms with Crippen LogP contribution in [-0.2, 0) is 4.79 Å². The maximum Gasteiger partial charge on any atom is 0.242 e. The second-order valence-corrected chi connectivity index (χ2v) is 5.93. The van der Waals surface area contributed by atoms with Gasteiger partial charge in [-0.1, -0.05) is 6.92 Å². The molecule has 0 fully saturated rings. The fourth-order valence-corrected chi connectivity index (χ4v) is 2.43. The molecule has 2 heterocycles. The molecule has 0 aliphatic carbocycles. The van der Waals surface area contributed by atoms with Crippen LogP contribution in [0, 0.1) is 6.92 Å². The first-order valence-electron chi connectivity index (χ1n) is 7.22. The van der Waals surface area contributed by atoms with E-state index in [1.54, 1.807) is 6.20 Å². The predicted molar refractivity (Wildman–Crippen MR) is 84.5 cm³/mol. The van der Waals surface area contributed by atoms with E-state index < -0.39 is 6.04 Å². The molecule has 2 atom stereocenters. The maximum absolute atomic E-state index is 12.3. The number of aromatic nitrogens is 3. The number of alkyl halides is 1. The molecule has 21 heavy (non-hydrogen) atoms. The largest absolute Gasteiger partial charge is 0.354 e. The second kappa shape index (κ2) is 6.43. The number of aryl methyl sites for hydroxylation is 1. The van der Waals surface area contributed by atoms with Gasteiger partial charge >= 0.3 is 0 Å². The number of hydrogen-bond donors (Lipinski definition) is 1. The standard InChI is InChI=1S/C15H21ClN4O/c1-5-6-17-15(21)11(4)20-13(10(3)16)19-12-7-9(2)8-18-14(12)20/h7-8,10-11H,5-6H2,1-4H3,(H,17,21). The van der Waals surface area contributed by atoms with Crippen molar-refractivity contribution < 1.29 is 4.79 Å². The van der Waals surface area contributed by atoms with Crippen molar-refractivity contribution in [2.24, 2.45) is 0 Å². The van der Waals surface area contributed by atoms with Gasteiger partial charge in [0.2, 0.25) is 5.91 Å². The number of nitrogens with zero attached hydrogens (tertiary/aromatic N) is 3. The second-order valence-electron chi connectivity index (χ2n) is 5.28. The van der Waals surface area contributed by atoms with Crippen molar-refractivity contribution in [3.05, 3.63) is 23.7 Å². The highest BCUT2D eigenvalue weighted by Gasteiger charge is 2.24. The predicted octanol–water partition coefficient (Wildman–Crippen LogP) is 3.13. The Kier molecular flexibility index (Phi) is 4.83. The van der Waals surface area contributed by atoms with E-state index in [1.807, 2.05) is 38.3 Å². The number of imidazole rings is 1. The fraction of sp³-hybridized carbons (Fsp3) is 0.533. The third kappa shape index (κ3) is 3.18. The first-order chi connectivity index (χ1) is 9.95. The van der Waals surface area contributed by atoms with Gasteiger partial charge in [0.25, 0.3) is 0 Å². The molecule has 0 saturated heterocycles. The number of hydrogen-bond acceptors (Lipinski definition) is 3. The van der Waals surface area contributed by atoms with Crippen molar-refractivity contribution in [3.63, 3.8) is 0 Å². The number of amides is 1. The average molecular weight is 309 g/mol. The highest BCUT2D eigenvalue weighted by Crippen LogP contribution is 2.27. The van der Waals surface area contributed by atoms with E-state index in [0.29, 0.717) is 18.0 Å². The van der Waals surface area contributed by atoms with E-state index >= 15 is 0 Å². The topological polar surface area (TPSA) is 59.8 Å². The Bertz CT molecular complexity index is 650. The zero-order chi connectivity index (χ0) is 15.6. The molecular formula is C15H21ClN4O. The van der Waals surface area contributed by atoms with Crippen molar-refractivity contribution in [2.45, 2.75) is 45.5 Å². The van der Waals surface area contributed by atoms with Crippen LogP contribution in [0.4, 0.5) is 0 Å². The molecule has 0 aliphatic heterocycles. The number of pyridine rings is 1. The van der Waals surface area contributed by atoms with E-state index in [2.05, 4.69) is 15.3 Å². The first kappa shape index (κ1) is 15.8. The zero-order valence-electron chi connectivity index (χ0n) is 12.9. The van der Waals surface area contributed by atoms with Crippen molar-refractivity contribution >= 4 is 28.7 Å². The molecule has 0 radical (unpaired) electrons. The SMILES string of the molecule is CCCNC(=O)C(C)n1c(C(C)Cl)nc2cc(C)cnc21. The maximum atomic E-state index is 12.3. The van der Waals surface area contributed by atoms with Gasteiger partial charge in [0.15, 0.2) is 5.65 Å². The van der Waals surface area contributed by atoms with Crippen LogP contribution in [0.2, 0.25) is 0 Å². The summed E-state index contributed by atoms with van der Waals surface area (Å²) in [5, 5.41) is 2.61. The molecule has 114 valence electrons. The van der Waals surface area contributed by atoms with Crippen molar-refractivity contribution in [1.82, 2.24) is 19.9 Å². The van der Waals surface area contributed by atoms with Gasteiger partial charge in [0, 0.05) is 12.7 Å². The molecule has 0 spiro atoms. The Hall–Kier alpha value is -1.62. The van der Waals surface area contributed by atoms with E-state index in [1.165, 1.54) is 0 Å². The third-order valence-electron chi connectivity index (χ3n) is 3.37. The highest BCUT2D eigenvalue weighted by molar-refractivity contribution is 6.20. The van der Waals surface area contributed by atoms with Gasteiger partial charge in [-0.25, -0.2) is 9.97 Å². The minimum absolute atomic E-state index is 0.0444. The van der Waals surface area contributed by atoms with Crippen molar-refractivity contribution in [2.75, 3.05) is 6.54 Å². The quantitative estimate of drug-likeness (QED) is 0.863. The monoisotopic (exact) mass is 308 g/mol. The van der Waals surface area contributed by atoms with Gasteiger partial charge in [0.05, 0.1) is 5.38 Å². The summed E-state index contributed by atoms with van der Waals surface area (Å²) >= 11 is 6.23. The summed E-state index contributed by atoms with van der Waals surface area (Å²) in [4.78, 5) is 21.2. The van der Waals surface area contributed by atoms with Crippen molar-refractivity contribution in [1.29, 1.82) is 0 Å². The van der Waals surface area contributed by atoms with Gasteiger partial charge in [0.1, 0.15) is 17.4 Å². The lowest BCUT2D eigenvalue weighted by atomic mass is 10.2. The van der Waals surface area contributed by atoms with Crippen LogP contribution in [0.15, 0.2) is 12.3 Å². The summed E-state index contributed by atoms with van der Waals surface area (Å²) in [5.74, 6) is 0.626. The summed E-state index contributed by atoms with van der Waals surface area (Å²) in [6, 6.07) is 1.56. The van der Waals surface area contributed by atoms with Gasteiger partial charge in [-0.05, 0) is 38.8 Å². The lowest BCUT2D eigenvalue weighted by molar-refractivity contribution is -0.123. The Morgan fingerprint density at radius 1 is 1.48 bits per heavy atom. The molecule has 0 aliphatic rings. The summed E-state index contributed by atoms with van der Waals surface area (Å²) < 4.78 is 1.83. The van der Waals surface area contributed by atoms with Crippen LogP contribution in [0.1, 0.15) is 50.0 Å². The van der Waals surface area contributed by atoms with E-state index in [4.69, 9.17) is 11.6 Å². The van der Waals surface area contributed by atoms with Crippen molar-refractivity contribution in [3.8, 4) is 0 Å². The van der Waals surface area contributed by atoms with Gasteiger partial charge in [-0.2, -0.15) is 0 Å². The zero-order valence-corrected chi connectivity index (χ0v) is 13.6. The molecule has 0 saturated carbocycles. The molecule has 0 aromatic carbocycles. The lowest BCUT2D eigenvalue weighted by Crippen LogP contribution is -2.32. The molecule has 2 aromatic rings. The van der Waals surface area contributed by atoms with E-state index in [-0.39, 0.29) is 11.3 Å². The van der Waals surface area contributed by atoms with Gasteiger partial charge < -0.3 is 5.32 Å². The minimum atomic E-state index is -0.395. The lowest BCUT2D eigenvalue weighted by Gasteiger charge is -2.17. The number of nitrogens with one attached hydrogen (secondary N) is 1. The van der Waals surface area contributed by atoms with Crippen LogP contribution in [0.3, 0.4) is 0 Å².